The van der Waals surface area contributed by atoms with Crippen LogP contribution in [-0.4, -0.2) is 96.0 Å². The molecular weight excluding hydrogens is 508 g/mol. The van der Waals surface area contributed by atoms with Gasteiger partial charge in [0.05, 0.1) is 25.1 Å². The number of hydrogen-bond acceptors (Lipinski definition) is 9. The number of amides is 3. The number of carbonyl (C=O) groups is 5. The fourth-order valence-electron chi connectivity index (χ4n) is 3.25. The average molecular weight is 539 g/mol. The number of aliphatic carboxylic acids is 2. The lowest BCUT2D eigenvalue weighted by molar-refractivity contribution is -0.143. The fourth-order valence-corrected chi connectivity index (χ4v) is 3.72. The van der Waals surface area contributed by atoms with Gasteiger partial charge in [0.2, 0.25) is 17.7 Å². The SMILES string of the molecule is CSCCC(NC(=O)C(Cc1cnc[nH]1)NC(=O)C(CC(=O)O)NC(=O)C(N)Cc1cnc[nH]1)C(=O)O. The second-order valence-electron chi connectivity index (χ2n) is 8.07. The van der Waals surface area contributed by atoms with Crippen LogP contribution in [0.1, 0.15) is 24.2 Å². The molecule has 0 aromatic carbocycles. The monoisotopic (exact) mass is 538 g/mol. The highest BCUT2D eigenvalue weighted by Gasteiger charge is 2.32. The second kappa shape index (κ2) is 14.6. The zero-order valence-electron chi connectivity index (χ0n) is 20.0. The van der Waals surface area contributed by atoms with E-state index in [0.29, 0.717) is 17.1 Å². The topological polar surface area (TPSA) is 245 Å². The molecule has 15 nitrogen and oxygen atoms in total. The summed E-state index contributed by atoms with van der Waals surface area (Å²) in [6, 6.07) is -5.16. The summed E-state index contributed by atoms with van der Waals surface area (Å²) in [5, 5.41) is 25.8. The first-order valence-corrected chi connectivity index (χ1v) is 12.5. The van der Waals surface area contributed by atoms with Crippen LogP contribution in [-0.2, 0) is 36.8 Å². The largest absolute Gasteiger partial charge is 0.481 e. The van der Waals surface area contributed by atoms with Gasteiger partial charge in [-0.3, -0.25) is 19.2 Å². The molecule has 2 heterocycles. The van der Waals surface area contributed by atoms with Gasteiger partial charge in [-0.1, -0.05) is 0 Å². The second-order valence-corrected chi connectivity index (χ2v) is 9.06. The molecule has 0 bridgehead atoms. The van der Waals surface area contributed by atoms with E-state index in [0.717, 1.165) is 0 Å². The Morgan fingerprint density at radius 3 is 1.95 bits per heavy atom. The molecule has 4 atom stereocenters. The maximum atomic E-state index is 13.0. The van der Waals surface area contributed by atoms with E-state index in [1.54, 1.807) is 6.26 Å². The highest BCUT2D eigenvalue weighted by molar-refractivity contribution is 7.98. The molecule has 0 aliphatic carbocycles. The van der Waals surface area contributed by atoms with E-state index in [2.05, 4.69) is 35.9 Å². The Morgan fingerprint density at radius 2 is 1.43 bits per heavy atom. The maximum Gasteiger partial charge on any atom is 0.326 e. The summed E-state index contributed by atoms with van der Waals surface area (Å²) in [6.07, 6.45) is 6.78. The van der Waals surface area contributed by atoms with E-state index in [-0.39, 0.29) is 19.3 Å². The first kappa shape index (κ1) is 29.3. The first-order chi connectivity index (χ1) is 17.6. The van der Waals surface area contributed by atoms with Crippen molar-refractivity contribution in [2.75, 3.05) is 12.0 Å². The number of nitrogens with one attached hydrogen (secondary N) is 5. The Hall–Kier alpha value is -3.92. The van der Waals surface area contributed by atoms with Crippen molar-refractivity contribution < 1.29 is 34.2 Å². The van der Waals surface area contributed by atoms with Crippen molar-refractivity contribution in [1.82, 2.24) is 35.9 Å². The van der Waals surface area contributed by atoms with Gasteiger partial charge in [-0.05, 0) is 18.4 Å². The maximum absolute atomic E-state index is 13.0. The Morgan fingerprint density at radius 1 is 0.892 bits per heavy atom. The summed E-state index contributed by atoms with van der Waals surface area (Å²) in [7, 11) is 0. The molecule has 0 saturated carbocycles. The van der Waals surface area contributed by atoms with Crippen LogP contribution in [0.2, 0.25) is 0 Å². The molecule has 4 unspecified atom stereocenters. The fraction of sp³-hybridized carbons (Fsp3) is 0.476. The van der Waals surface area contributed by atoms with Gasteiger partial charge in [-0.25, -0.2) is 14.8 Å². The number of nitrogens with two attached hydrogens (primary N) is 1. The van der Waals surface area contributed by atoms with E-state index < -0.39 is 60.2 Å². The number of thioether (sulfide) groups is 1. The molecule has 202 valence electrons. The average Bonchev–Trinajstić information content (AvgIpc) is 3.54. The van der Waals surface area contributed by atoms with Crippen molar-refractivity contribution in [2.45, 2.75) is 49.9 Å². The summed E-state index contributed by atoms with van der Waals surface area (Å²) >= 11 is 1.41. The third kappa shape index (κ3) is 9.92. The van der Waals surface area contributed by atoms with Crippen LogP contribution in [0, 0.1) is 0 Å². The molecule has 0 aliphatic heterocycles. The van der Waals surface area contributed by atoms with Crippen LogP contribution in [0.25, 0.3) is 0 Å². The minimum absolute atomic E-state index is 0.0602. The molecule has 3 amide bonds. The van der Waals surface area contributed by atoms with Gasteiger partial charge in [0, 0.05) is 36.6 Å². The minimum atomic E-state index is -1.55. The Bertz CT molecular complexity index is 1050. The third-order valence-electron chi connectivity index (χ3n) is 5.18. The summed E-state index contributed by atoms with van der Waals surface area (Å²) in [6.45, 7) is 0. The molecule has 16 heteroatoms. The standard InChI is InChI=1S/C21H30N8O7S/c1-37-3-2-14(21(35)36)27-19(33)15(5-12-8-24-10-26-12)29-20(34)16(6-17(30)31)28-18(32)13(22)4-11-7-23-9-25-11/h7-10,13-16H,2-6,22H2,1H3,(H,23,25)(H,24,26)(H,27,33)(H,28,32)(H,29,34)(H,30,31)(H,35,36). The molecule has 0 aliphatic rings. The van der Waals surface area contributed by atoms with Gasteiger partial charge in [-0.15, -0.1) is 0 Å². The van der Waals surface area contributed by atoms with Crippen LogP contribution < -0.4 is 21.7 Å². The van der Waals surface area contributed by atoms with Gasteiger partial charge < -0.3 is 41.9 Å². The molecule has 0 fully saturated rings. The molecule has 9 N–H and O–H groups in total. The third-order valence-corrected chi connectivity index (χ3v) is 5.82. The quantitative estimate of drug-likeness (QED) is 0.116. The number of carbonyl (C=O) groups excluding carboxylic acids is 3. The van der Waals surface area contributed by atoms with Gasteiger partial charge >= 0.3 is 11.9 Å². The zero-order valence-corrected chi connectivity index (χ0v) is 20.8. The van der Waals surface area contributed by atoms with Gasteiger partial charge in [0.1, 0.15) is 18.1 Å². The molecule has 2 rings (SSSR count). The van der Waals surface area contributed by atoms with Crippen LogP contribution in [0.4, 0.5) is 0 Å². The lowest BCUT2D eigenvalue weighted by Crippen LogP contribution is -2.58. The number of H-pyrrole nitrogens is 2. The van der Waals surface area contributed by atoms with Crippen LogP contribution >= 0.6 is 11.8 Å². The first-order valence-electron chi connectivity index (χ1n) is 11.1. The highest BCUT2D eigenvalue weighted by atomic mass is 32.2. The summed E-state index contributed by atoms with van der Waals surface area (Å²) in [5.41, 5.74) is 6.90. The van der Waals surface area contributed by atoms with Gasteiger partial charge in [0.15, 0.2) is 0 Å². The Kier molecular flexibility index (Phi) is 11.6. The number of carboxylic acid groups (broad SMARTS) is 2. The van der Waals surface area contributed by atoms with Gasteiger partial charge in [-0.2, -0.15) is 11.8 Å². The number of carboxylic acids is 2. The Balaban J connectivity index is 2.15. The predicted molar refractivity (Wildman–Crippen MR) is 131 cm³/mol. The van der Waals surface area contributed by atoms with Crippen molar-refractivity contribution >= 4 is 41.4 Å². The predicted octanol–water partition coefficient (Wildman–Crippen LogP) is -1.99. The zero-order chi connectivity index (χ0) is 27.4. The van der Waals surface area contributed by atoms with Crippen molar-refractivity contribution in [1.29, 1.82) is 0 Å². The van der Waals surface area contributed by atoms with Crippen LogP contribution in [0.3, 0.4) is 0 Å². The number of rotatable bonds is 16. The molecular formula is C21H30N8O7S. The number of aromatic nitrogens is 4. The van der Waals surface area contributed by atoms with Crippen LogP contribution in [0.15, 0.2) is 25.0 Å². The van der Waals surface area contributed by atoms with E-state index >= 15 is 0 Å². The lowest BCUT2D eigenvalue weighted by Gasteiger charge is -2.24. The molecule has 2 aromatic rings. The van der Waals surface area contributed by atoms with Crippen molar-refractivity contribution in [3.8, 4) is 0 Å². The molecule has 2 aromatic heterocycles. The molecule has 37 heavy (non-hydrogen) atoms. The summed E-state index contributed by atoms with van der Waals surface area (Å²) in [4.78, 5) is 74.8. The number of nitrogens with zero attached hydrogens (tertiary/aromatic N) is 2. The Labute approximate surface area is 215 Å². The van der Waals surface area contributed by atoms with E-state index in [4.69, 9.17) is 5.73 Å². The molecule has 0 radical (unpaired) electrons. The van der Waals surface area contributed by atoms with Crippen molar-refractivity contribution in [3.05, 3.63) is 36.4 Å². The number of hydrogen-bond donors (Lipinski definition) is 8. The normalized spacial score (nSPS) is 14.1. The lowest BCUT2D eigenvalue weighted by atomic mass is 10.1. The summed E-state index contributed by atoms with van der Waals surface area (Å²) < 4.78 is 0. The smallest absolute Gasteiger partial charge is 0.326 e. The van der Waals surface area contributed by atoms with Crippen molar-refractivity contribution in [3.63, 3.8) is 0 Å². The summed E-state index contributed by atoms with van der Waals surface area (Å²) in [5.74, 6) is -4.68. The molecule has 0 spiro atoms. The molecule has 0 saturated heterocycles. The van der Waals surface area contributed by atoms with E-state index in [1.165, 1.54) is 36.8 Å². The number of aromatic amines is 2. The minimum Gasteiger partial charge on any atom is -0.481 e. The highest BCUT2D eigenvalue weighted by Crippen LogP contribution is 2.06. The van der Waals surface area contributed by atoms with Crippen LogP contribution in [0.5, 0.6) is 0 Å². The van der Waals surface area contributed by atoms with Crippen molar-refractivity contribution in [2.24, 2.45) is 5.73 Å². The van der Waals surface area contributed by atoms with E-state index in [9.17, 15) is 34.2 Å². The van der Waals surface area contributed by atoms with Gasteiger partial charge in [0.25, 0.3) is 0 Å². The van der Waals surface area contributed by atoms with E-state index in [1.807, 2.05) is 0 Å². The number of imidazole rings is 2.